The van der Waals surface area contributed by atoms with E-state index >= 15 is 0 Å². The summed E-state index contributed by atoms with van der Waals surface area (Å²) in [7, 11) is 1.57. The molecular formula is C21H18N4O4. The van der Waals surface area contributed by atoms with E-state index < -0.39 is 0 Å². The van der Waals surface area contributed by atoms with Gasteiger partial charge < -0.3 is 14.2 Å². The molecular weight excluding hydrogens is 372 g/mol. The number of rotatable bonds is 7. The molecule has 2 heterocycles. The summed E-state index contributed by atoms with van der Waals surface area (Å²) in [6.07, 6.45) is 0. The Balaban J connectivity index is 1.49. The van der Waals surface area contributed by atoms with Gasteiger partial charge in [0.05, 0.1) is 7.11 Å². The fraction of sp³-hybridized carbons (Fsp3) is 0.0952. The van der Waals surface area contributed by atoms with Crippen molar-refractivity contribution in [1.82, 2.24) is 14.6 Å². The molecule has 1 amide bonds. The van der Waals surface area contributed by atoms with Crippen molar-refractivity contribution >= 4 is 17.5 Å². The third kappa shape index (κ3) is 4.27. The van der Waals surface area contributed by atoms with E-state index in [1.54, 1.807) is 49.6 Å². The third-order valence-corrected chi connectivity index (χ3v) is 3.97. The van der Waals surface area contributed by atoms with E-state index in [0.717, 1.165) is 0 Å². The number of para-hydroxylation sites is 3. The molecule has 2 aromatic carbocycles. The first-order valence-corrected chi connectivity index (χ1v) is 8.87. The van der Waals surface area contributed by atoms with E-state index in [0.29, 0.717) is 28.8 Å². The molecule has 0 spiro atoms. The number of methoxy groups -OCH3 is 1. The van der Waals surface area contributed by atoms with Crippen LogP contribution >= 0.6 is 0 Å². The Morgan fingerprint density at radius 3 is 2.52 bits per heavy atom. The molecule has 0 unspecified atom stereocenters. The van der Waals surface area contributed by atoms with Crippen LogP contribution in [-0.2, 0) is 4.79 Å². The van der Waals surface area contributed by atoms with Gasteiger partial charge in [0.1, 0.15) is 5.75 Å². The van der Waals surface area contributed by atoms with E-state index in [-0.39, 0.29) is 18.5 Å². The molecule has 4 aromatic rings. The first kappa shape index (κ1) is 18.3. The summed E-state index contributed by atoms with van der Waals surface area (Å²) in [5.74, 6) is 1.97. The number of benzene rings is 2. The Kier molecular flexibility index (Phi) is 5.24. The lowest BCUT2D eigenvalue weighted by Crippen LogP contribution is -2.20. The molecule has 0 atom stereocenters. The number of aromatic nitrogens is 3. The van der Waals surface area contributed by atoms with Crippen molar-refractivity contribution in [3.63, 3.8) is 0 Å². The van der Waals surface area contributed by atoms with Crippen molar-refractivity contribution in [3.8, 4) is 23.1 Å². The highest BCUT2D eigenvalue weighted by Gasteiger charge is 2.13. The topological polar surface area (TPSA) is 87.0 Å². The number of ether oxygens (including phenoxy) is 3. The van der Waals surface area contributed by atoms with Crippen LogP contribution in [0.4, 0.5) is 5.95 Å². The van der Waals surface area contributed by atoms with E-state index in [1.165, 1.54) is 4.52 Å². The molecule has 0 bridgehead atoms. The standard InChI is InChI=1S/C21H18N4O4/c1-27-16-10-5-6-11-17(16)29-20-13-7-12-18-22-21(24-25(18)20)23-19(26)14-28-15-8-3-2-4-9-15/h2-13H,14H2,1H3,(H,23,24,26). The fourth-order valence-electron chi connectivity index (χ4n) is 2.65. The predicted molar refractivity (Wildman–Crippen MR) is 107 cm³/mol. The van der Waals surface area contributed by atoms with Gasteiger partial charge in [-0.1, -0.05) is 36.4 Å². The maximum atomic E-state index is 12.1. The maximum absolute atomic E-state index is 12.1. The first-order valence-electron chi connectivity index (χ1n) is 8.87. The number of anilines is 1. The first-order chi connectivity index (χ1) is 14.2. The van der Waals surface area contributed by atoms with Crippen LogP contribution in [0.5, 0.6) is 23.1 Å². The molecule has 0 fully saturated rings. The number of hydrogen-bond donors (Lipinski definition) is 1. The van der Waals surface area contributed by atoms with Gasteiger partial charge in [0.2, 0.25) is 11.8 Å². The van der Waals surface area contributed by atoms with Gasteiger partial charge in [0.15, 0.2) is 23.8 Å². The van der Waals surface area contributed by atoms with Crippen molar-refractivity contribution in [2.75, 3.05) is 19.0 Å². The van der Waals surface area contributed by atoms with Crippen LogP contribution in [0.15, 0.2) is 72.8 Å². The lowest BCUT2D eigenvalue weighted by molar-refractivity contribution is -0.118. The molecule has 146 valence electrons. The molecule has 0 radical (unpaired) electrons. The lowest BCUT2D eigenvalue weighted by atomic mass is 10.3. The number of amides is 1. The van der Waals surface area contributed by atoms with Crippen LogP contribution in [0.1, 0.15) is 0 Å². The molecule has 4 rings (SSSR count). The quantitative estimate of drug-likeness (QED) is 0.519. The molecule has 1 N–H and O–H groups in total. The summed E-state index contributed by atoms with van der Waals surface area (Å²) in [5, 5.41) is 6.94. The van der Waals surface area contributed by atoms with Gasteiger partial charge in [-0.2, -0.15) is 9.50 Å². The van der Waals surface area contributed by atoms with Gasteiger partial charge in [-0.3, -0.25) is 10.1 Å². The van der Waals surface area contributed by atoms with Gasteiger partial charge in [-0.25, -0.2) is 0 Å². The Hall–Kier alpha value is -4.07. The zero-order chi connectivity index (χ0) is 20.1. The van der Waals surface area contributed by atoms with Gasteiger partial charge in [-0.05, 0) is 30.3 Å². The van der Waals surface area contributed by atoms with E-state index in [2.05, 4.69) is 15.4 Å². The second-order valence-electron chi connectivity index (χ2n) is 5.97. The fourth-order valence-corrected chi connectivity index (χ4v) is 2.65. The Labute approximate surface area is 166 Å². The number of nitrogens with one attached hydrogen (secondary N) is 1. The summed E-state index contributed by atoms with van der Waals surface area (Å²) in [4.78, 5) is 16.5. The Morgan fingerprint density at radius 1 is 0.966 bits per heavy atom. The average Bonchev–Trinajstić information content (AvgIpc) is 3.17. The molecule has 0 aliphatic rings. The SMILES string of the molecule is COc1ccccc1Oc1cccc2nc(NC(=O)COc3ccccc3)nn12. The summed E-state index contributed by atoms with van der Waals surface area (Å²) in [6, 6.07) is 21.7. The smallest absolute Gasteiger partial charge is 0.264 e. The third-order valence-electron chi connectivity index (χ3n) is 3.97. The minimum Gasteiger partial charge on any atom is -0.493 e. The highest BCUT2D eigenvalue weighted by Crippen LogP contribution is 2.31. The van der Waals surface area contributed by atoms with E-state index in [4.69, 9.17) is 14.2 Å². The van der Waals surface area contributed by atoms with Crippen LogP contribution in [0.3, 0.4) is 0 Å². The normalized spacial score (nSPS) is 10.5. The number of hydrogen-bond acceptors (Lipinski definition) is 6. The molecule has 29 heavy (non-hydrogen) atoms. The Morgan fingerprint density at radius 2 is 1.72 bits per heavy atom. The van der Waals surface area contributed by atoms with Gasteiger partial charge >= 0.3 is 0 Å². The van der Waals surface area contributed by atoms with Crippen LogP contribution in [-0.4, -0.2) is 34.2 Å². The highest BCUT2D eigenvalue weighted by molar-refractivity contribution is 5.90. The molecule has 0 saturated carbocycles. The average molecular weight is 390 g/mol. The number of fused-ring (bicyclic) bond motifs is 1. The van der Waals surface area contributed by atoms with Crippen LogP contribution in [0.2, 0.25) is 0 Å². The summed E-state index contributed by atoms with van der Waals surface area (Å²) < 4.78 is 18.2. The second-order valence-corrected chi connectivity index (χ2v) is 5.97. The van der Waals surface area contributed by atoms with Crippen LogP contribution in [0.25, 0.3) is 5.65 Å². The number of carbonyl (C=O) groups excluding carboxylic acids is 1. The maximum Gasteiger partial charge on any atom is 0.264 e. The van der Waals surface area contributed by atoms with Gasteiger partial charge in [0, 0.05) is 6.07 Å². The number of nitrogens with zero attached hydrogens (tertiary/aromatic N) is 3. The van der Waals surface area contributed by atoms with Crippen molar-refractivity contribution in [2.45, 2.75) is 0 Å². The lowest BCUT2D eigenvalue weighted by Gasteiger charge is -2.10. The van der Waals surface area contributed by atoms with Crippen molar-refractivity contribution in [1.29, 1.82) is 0 Å². The zero-order valence-electron chi connectivity index (χ0n) is 15.6. The molecule has 8 heteroatoms. The van der Waals surface area contributed by atoms with Crippen LogP contribution < -0.4 is 19.5 Å². The van der Waals surface area contributed by atoms with Crippen molar-refractivity contribution in [3.05, 3.63) is 72.8 Å². The minimum atomic E-state index is -0.364. The molecule has 2 aromatic heterocycles. The van der Waals surface area contributed by atoms with E-state index in [9.17, 15) is 4.79 Å². The summed E-state index contributed by atoms with van der Waals surface area (Å²) in [6.45, 7) is -0.149. The van der Waals surface area contributed by atoms with E-state index in [1.807, 2.05) is 30.3 Å². The summed E-state index contributed by atoms with van der Waals surface area (Å²) >= 11 is 0. The predicted octanol–water partition coefficient (Wildman–Crippen LogP) is 3.55. The highest BCUT2D eigenvalue weighted by atomic mass is 16.5. The number of carbonyl (C=O) groups is 1. The van der Waals surface area contributed by atoms with Crippen LogP contribution in [0, 0.1) is 0 Å². The van der Waals surface area contributed by atoms with Crippen molar-refractivity contribution in [2.24, 2.45) is 0 Å². The molecule has 0 aliphatic heterocycles. The van der Waals surface area contributed by atoms with Crippen molar-refractivity contribution < 1.29 is 19.0 Å². The molecule has 8 nitrogen and oxygen atoms in total. The number of pyridine rings is 1. The molecule has 0 aliphatic carbocycles. The van der Waals surface area contributed by atoms with Gasteiger partial charge in [0.25, 0.3) is 5.91 Å². The monoisotopic (exact) mass is 390 g/mol. The largest absolute Gasteiger partial charge is 0.493 e. The Bertz CT molecular complexity index is 1130. The summed E-state index contributed by atoms with van der Waals surface area (Å²) in [5.41, 5.74) is 0.525. The zero-order valence-corrected chi connectivity index (χ0v) is 15.6. The minimum absolute atomic E-state index is 0.149. The van der Waals surface area contributed by atoms with Gasteiger partial charge in [-0.15, -0.1) is 5.10 Å². The molecule has 0 saturated heterocycles. The second kappa shape index (κ2) is 8.30.